The van der Waals surface area contributed by atoms with E-state index in [0.29, 0.717) is 23.4 Å². The lowest BCUT2D eigenvalue weighted by molar-refractivity contribution is 0.275. The minimum absolute atomic E-state index is 0.155. The van der Waals surface area contributed by atoms with Crippen LogP contribution >= 0.6 is 0 Å². The van der Waals surface area contributed by atoms with Gasteiger partial charge in [-0.25, -0.2) is 9.07 Å². The lowest BCUT2D eigenvalue weighted by Crippen LogP contribution is -2.03. The molecule has 1 aromatic heterocycles. The van der Waals surface area contributed by atoms with Gasteiger partial charge in [-0.05, 0) is 31.0 Å². The van der Waals surface area contributed by atoms with E-state index in [2.05, 4.69) is 10.3 Å². The minimum atomic E-state index is -0.273. The number of aliphatic hydroxyl groups is 1. The van der Waals surface area contributed by atoms with Crippen molar-refractivity contribution in [2.24, 2.45) is 0 Å². The average molecular weight is 235 g/mol. The predicted octanol–water partition coefficient (Wildman–Crippen LogP) is 1.77. The van der Waals surface area contributed by atoms with Crippen molar-refractivity contribution in [2.45, 2.75) is 26.9 Å². The Bertz CT molecular complexity index is 537. The second kappa shape index (κ2) is 4.63. The fourth-order valence-corrected chi connectivity index (χ4v) is 1.73. The van der Waals surface area contributed by atoms with Gasteiger partial charge in [-0.15, -0.1) is 5.10 Å². The molecule has 0 aliphatic carbocycles. The van der Waals surface area contributed by atoms with Crippen LogP contribution in [0.3, 0.4) is 0 Å². The van der Waals surface area contributed by atoms with Crippen molar-refractivity contribution in [1.82, 2.24) is 15.0 Å². The molecule has 1 N–H and O–H groups in total. The van der Waals surface area contributed by atoms with E-state index in [1.54, 1.807) is 23.7 Å². The van der Waals surface area contributed by atoms with Gasteiger partial charge in [0.1, 0.15) is 11.5 Å². The first-order valence-electron chi connectivity index (χ1n) is 5.48. The summed E-state index contributed by atoms with van der Waals surface area (Å²) in [4.78, 5) is 0. The third-order valence-electron chi connectivity index (χ3n) is 2.73. The van der Waals surface area contributed by atoms with Gasteiger partial charge in [0.25, 0.3) is 0 Å². The number of aliphatic hydroxyl groups excluding tert-OH is 1. The number of nitrogens with zero attached hydrogens (tertiary/aromatic N) is 3. The average Bonchev–Trinajstić information content (AvgIpc) is 2.75. The lowest BCUT2D eigenvalue weighted by atomic mass is 10.2. The molecule has 4 nitrogen and oxygen atoms in total. The molecule has 0 radical (unpaired) electrons. The minimum Gasteiger partial charge on any atom is -0.390 e. The van der Waals surface area contributed by atoms with Gasteiger partial charge in [-0.1, -0.05) is 18.2 Å². The van der Waals surface area contributed by atoms with Crippen molar-refractivity contribution in [3.05, 3.63) is 41.0 Å². The monoisotopic (exact) mass is 235 g/mol. The lowest BCUT2D eigenvalue weighted by Gasteiger charge is -2.06. The fraction of sp³-hybridized carbons (Fsp3) is 0.333. The highest BCUT2D eigenvalue weighted by Gasteiger charge is 2.12. The van der Waals surface area contributed by atoms with Gasteiger partial charge in [0.2, 0.25) is 0 Å². The highest BCUT2D eigenvalue weighted by molar-refractivity contribution is 5.36. The van der Waals surface area contributed by atoms with E-state index in [4.69, 9.17) is 5.11 Å². The number of benzene rings is 1. The predicted molar refractivity (Wildman–Crippen MR) is 61.4 cm³/mol. The quantitative estimate of drug-likeness (QED) is 0.882. The maximum absolute atomic E-state index is 13.5. The summed E-state index contributed by atoms with van der Waals surface area (Å²) in [6.45, 7) is 3.50. The molecule has 0 aliphatic heterocycles. The Hall–Kier alpha value is -1.75. The second-order valence-corrected chi connectivity index (χ2v) is 3.84. The Balaban J connectivity index is 2.52. The highest BCUT2D eigenvalue weighted by atomic mass is 19.1. The van der Waals surface area contributed by atoms with Crippen LogP contribution in [0.25, 0.3) is 5.69 Å². The maximum Gasteiger partial charge on any atom is 0.128 e. The number of halogens is 1. The Morgan fingerprint density at radius 2 is 2.18 bits per heavy atom. The van der Waals surface area contributed by atoms with E-state index in [1.165, 1.54) is 6.07 Å². The SMILES string of the molecule is CCc1c(CO)nnn1-c1ccc(C)c(F)c1. The van der Waals surface area contributed by atoms with Crippen molar-refractivity contribution >= 4 is 0 Å². The summed E-state index contributed by atoms with van der Waals surface area (Å²) in [5.74, 6) is -0.273. The molecular weight excluding hydrogens is 221 g/mol. The van der Waals surface area contributed by atoms with Crippen LogP contribution in [-0.4, -0.2) is 20.1 Å². The Morgan fingerprint density at radius 1 is 1.41 bits per heavy atom. The van der Waals surface area contributed by atoms with E-state index in [-0.39, 0.29) is 12.4 Å². The van der Waals surface area contributed by atoms with Crippen LogP contribution in [0.2, 0.25) is 0 Å². The second-order valence-electron chi connectivity index (χ2n) is 3.84. The normalized spacial score (nSPS) is 10.8. The summed E-state index contributed by atoms with van der Waals surface area (Å²) in [5, 5.41) is 16.9. The Kier molecular flexibility index (Phi) is 3.19. The molecule has 17 heavy (non-hydrogen) atoms. The van der Waals surface area contributed by atoms with E-state index in [9.17, 15) is 4.39 Å². The largest absolute Gasteiger partial charge is 0.390 e. The van der Waals surface area contributed by atoms with E-state index in [1.807, 2.05) is 6.92 Å². The van der Waals surface area contributed by atoms with Gasteiger partial charge in [-0.2, -0.15) is 0 Å². The highest BCUT2D eigenvalue weighted by Crippen LogP contribution is 2.16. The van der Waals surface area contributed by atoms with E-state index < -0.39 is 0 Å². The molecule has 0 fully saturated rings. The first-order valence-corrected chi connectivity index (χ1v) is 5.48. The molecule has 0 aliphatic rings. The van der Waals surface area contributed by atoms with Crippen LogP contribution in [0.15, 0.2) is 18.2 Å². The zero-order valence-electron chi connectivity index (χ0n) is 9.81. The Morgan fingerprint density at radius 3 is 2.76 bits per heavy atom. The first-order chi connectivity index (χ1) is 8.17. The third kappa shape index (κ3) is 2.06. The topological polar surface area (TPSA) is 50.9 Å². The van der Waals surface area contributed by atoms with Crippen LogP contribution in [0.1, 0.15) is 23.9 Å². The smallest absolute Gasteiger partial charge is 0.128 e. The van der Waals surface area contributed by atoms with Gasteiger partial charge in [0, 0.05) is 0 Å². The molecule has 5 heteroatoms. The third-order valence-corrected chi connectivity index (χ3v) is 2.73. The molecule has 0 amide bonds. The zero-order chi connectivity index (χ0) is 12.4. The van der Waals surface area contributed by atoms with Crippen LogP contribution < -0.4 is 0 Å². The summed E-state index contributed by atoms with van der Waals surface area (Å²) >= 11 is 0. The van der Waals surface area contributed by atoms with Gasteiger partial charge >= 0.3 is 0 Å². The van der Waals surface area contributed by atoms with Gasteiger partial charge in [0.05, 0.1) is 18.0 Å². The zero-order valence-corrected chi connectivity index (χ0v) is 9.81. The van der Waals surface area contributed by atoms with Crippen molar-refractivity contribution in [3.63, 3.8) is 0 Å². The first kappa shape index (κ1) is 11.7. The summed E-state index contributed by atoms with van der Waals surface area (Å²) in [7, 11) is 0. The molecule has 0 unspecified atom stereocenters. The number of hydrogen-bond donors (Lipinski definition) is 1. The fourth-order valence-electron chi connectivity index (χ4n) is 1.73. The van der Waals surface area contributed by atoms with Crippen molar-refractivity contribution in [1.29, 1.82) is 0 Å². The van der Waals surface area contributed by atoms with E-state index in [0.717, 1.165) is 5.69 Å². The Labute approximate surface area is 98.7 Å². The number of aryl methyl sites for hydroxylation is 1. The molecule has 1 aromatic carbocycles. The molecule has 0 bridgehead atoms. The summed E-state index contributed by atoms with van der Waals surface area (Å²) < 4.78 is 15.0. The maximum atomic E-state index is 13.5. The molecule has 0 saturated heterocycles. The standard InChI is InChI=1S/C12H14FN3O/c1-3-12-11(7-17)14-15-16(12)9-5-4-8(2)10(13)6-9/h4-6,17H,3,7H2,1-2H3. The molecule has 0 atom stereocenters. The van der Waals surface area contributed by atoms with Crippen molar-refractivity contribution < 1.29 is 9.50 Å². The van der Waals surface area contributed by atoms with Gasteiger partial charge in [-0.3, -0.25) is 0 Å². The molecule has 0 saturated carbocycles. The van der Waals surface area contributed by atoms with Crippen LogP contribution in [-0.2, 0) is 13.0 Å². The molecular formula is C12H14FN3O. The van der Waals surface area contributed by atoms with Gasteiger partial charge in [0.15, 0.2) is 0 Å². The van der Waals surface area contributed by atoms with E-state index >= 15 is 0 Å². The molecule has 90 valence electrons. The summed E-state index contributed by atoms with van der Waals surface area (Å²) in [5.41, 5.74) is 2.55. The molecule has 2 rings (SSSR count). The van der Waals surface area contributed by atoms with Crippen molar-refractivity contribution in [2.75, 3.05) is 0 Å². The number of aromatic nitrogens is 3. The summed E-state index contributed by atoms with van der Waals surface area (Å²) in [6, 6.07) is 4.90. The number of rotatable bonds is 3. The van der Waals surface area contributed by atoms with Crippen LogP contribution in [0.5, 0.6) is 0 Å². The van der Waals surface area contributed by atoms with Gasteiger partial charge < -0.3 is 5.11 Å². The number of hydrogen-bond acceptors (Lipinski definition) is 3. The molecule has 0 spiro atoms. The van der Waals surface area contributed by atoms with Crippen molar-refractivity contribution in [3.8, 4) is 5.69 Å². The van der Waals surface area contributed by atoms with Crippen LogP contribution in [0, 0.1) is 12.7 Å². The molecule has 1 heterocycles. The van der Waals surface area contributed by atoms with Crippen LogP contribution in [0.4, 0.5) is 4.39 Å². The summed E-state index contributed by atoms with van der Waals surface area (Å²) in [6.07, 6.45) is 0.679. The molecule has 2 aromatic rings.